The molecule has 1 N–H and O–H groups in total. The van der Waals surface area contributed by atoms with Gasteiger partial charge in [0.1, 0.15) is 5.69 Å². The number of nitrogens with zero attached hydrogens (tertiary/aromatic N) is 2. The van der Waals surface area contributed by atoms with Crippen LogP contribution in [0.3, 0.4) is 0 Å². The van der Waals surface area contributed by atoms with E-state index in [1.54, 1.807) is 17.2 Å². The summed E-state index contributed by atoms with van der Waals surface area (Å²) in [7, 11) is 0. The van der Waals surface area contributed by atoms with Crippen LogP contribution >= 0.6 is 15.9 Å². The number of aromatic nitrogens is 1. The summed E-state index contributed by atoms with van der Waals surface area (Å²) in [4.78, 5) is 18.8. The third kappa shape index (κ3) is 4.06. The zero-order valence-corrected chi connectivity index (χ0v) is 15.4. The number of para-hydroxylation sites is 2. The van der Waals surface area contributed by atoms with Gasteiger partial charge in [-0.2, -0.15) is 0 Å². The van der Waals surface area contributed by atoms with Crippen LogP contribution in [0.4, 0.5) is 17.1 Å². The molecule has 0 unspecified atom stereocenters. The predicted octanol–water partition coefficient (Wildman–Crippen LogP) is 5.25. The second-order valence-electron chi connectivity index (χ2n) is 5.42. The number of anilines is 3. The van der Waals surface area contributed by atoms with Crippen LogP contribution in [0, 0.1) is 0 Å². The predicted molar refractivity (Wildman–Crippen MR) is 105 cm³/mol. The van der Waals surface area contributed by atoms with Crippen LogP contribution in [0.15, 0.2) is 77.4 Å². The fourth-order valence-electron chi connectivity index (χ4n) is 2.50. The van der Waals surface area contributed by atoms with E-state index in [1.807, 2.05) is 67.6 Å². The molecule has 0 radical (unpaired) electrons. The van der Waals surface area contributed by atoms with Crippen molar-refractivity contribution >= 4 is 38.9 Å². The smallest absolute Gasteiger partial charge is 0.276 e. The number of pyridine rings is 1. The lowest BCUT2D eigenvalue weighted by atomic mass is 10.2. The summed E-state index contributed by atoms with van der Waals surface area (Å²) in [5.41, 5.74) is 3.06. The minimum absolute atomic E-state index is 0.110. The molecule has 1 heterocycles. The molecule has 1 amide bonds. The number of amides is 1. The Bertz CT molecular complexity index is 850. The van der Waals surface area contributed by atoms with Gasteiger partial charge in [0.2, 0.25) is 0 Å². The first-order chi connectivity index (χ1) is 12.2. The van der Waals surface area contributed by atoms with Gasteiger partial charge in [0, 0.05) is 16.7 Å². The molecule has 0 saturated carbocycles. The van der Waals surface area contributed by atoms with Crippen molar-refractivity contribution in [1.29, 1.82) is 0 Å². The first kappa shape index (κ1) is 17.2. The summed E-state index contributed by atoms with van der Waals surface area (Å²) in [5.74, 6) is -0.110. The number of halogens is 1. The van der Waals surface area contributed by atoms with E-state index in [0.717, 1.165) is 21.5 Å². The molecule has 0 atom stereocenters. The van der Waals surface area contributed by atoms with Crippen LogP contribution in [-0.4, -0.2) is 17.4 Å². The van der Waals surface area contributed by atoms with Crippen LogP contribution in [0.5, 0.6) is 0 Å². The minimum Gasteiger partial charge on any atom is -0.353 e. The number of nitrogens with one attached hydrogen (secondary N) is 1. The number of benzene rings is 2. The standard InChI is InChI=1S/C20H18BrN3O/c1-2-24(16-8-4-3-5-9-16)20(25)19-13-12-15(14-22-19)23-18-11-7-6-10-17(18)21/h3-14,23H,2H2,1H3. The molecular formula is C20H18BrN3O. The number of hydrogen-bond donors (Lipinski definition) is 1. The second-order valence-corrected chi connectivity index (χ2v) is 6.28. The Morgan fingerprint density at radius 3 is 2.40 bits per heavy atom. The molecule has 126 valence electrons. The maximum atomic E-state index is 12.7. The Morgan fingerprint density at radius 2 is 1.76 bits per heavy atom. The lowest BCUT2D eigenvalue weighted by Gasteiger charge is -2.20. The molecule has 1 aromatic heterocycles. The van der Waals surface area contributed by atoms with E-state index in [1.165, 1.54) is 0 Å². The molecule has 0 aliphatic rings. The summed E-state index contributed by atoms with van der Waals surface area (Å²) < 4.78 is 0.969. The molecule has 3 aromatic rings. The lowest BCUT2D eigenvalue weighted by Crippen LogP contribution is -2.31. The van der Waals surface area contributed by atoms with Crippen molar-refractivity contribution in [3.05, 3.63) is 83.1 Å². The fraction of sp³-hybridized carbons (Fsp3) is 0.100. The van der Waals surface area contributed by atoms with Crippen molar-refractivity contribution in [3.63, 3.8) is 0 Å². The van der Waals surface area contributed by atoms with Gasteiger partial charge in [-0.3, -0.25) is 4.79 Å². The molecule has 2 aromatic carbocycles. The largest absolute Gasteiger partial charge is 0.353 e. The highest BCUT2D eigenvalue weighted by atomic mass is 79.9. The van der Waals surface area contributed by atoms with E-state index < -0.39 is 0 Å². The number of rotatable bonds is 5. The highest BCUT2D eigenvalue weighted by molar-refractivity contribution is 9.10. The monoisotopic (exact) mass is 395 g/mol. The van der Waals surface area contributed by atoms with Crippen LogP contribution in [0.1, 0.15) is 17.4 Å². The van der Waals surface area contributed by atoms with Crippen molar-refractivity contribution in [2.75, 3.05) is 16.8 Å². The first-order valence-corrected chi connectivity index (χ1v) is 8.83. The summed E-state index contributed by atoms with van der Waals surface area (Å²) in [6.07, 6.45) is 1.67. The highest BCUT2D eigenvalue weighted by Gasteiger charge is 2.17. The average molecular weight is 396 g/mol. The Balaban J connectivity index is 1.77. The third-order valence-electron chi connectivity index (χ3n) is 3.76. The molecule has 5 heteroatoms. The van der Waals surface area contributed by atoms with Gasteiger partial charge in [0.25, 0.3) is 5.91 Å². The number of hydrogen-bond acceptors (Lipinski definition) is 3. The molecule has 0 spiro atoms. The van der Waals surface area contributed by atoms with E-state index in [4.69, 9.17) is 0 Å². The van der Waals surface area contributed by atoms with E-state index in [0.29, 0.717) is 12.2 Å². The van der Waals surface area contributed by atoms with Gasteiger partial charge in [0.05, 0.1) is 17.6 Å². The van der Waals surface area contributed by atoms with E-state index in [2.05, 4.69) is 26.2 Å². The molecular weight excluding hydrogens is 378 g/mol. The van der Waals surface area contributed by atoms with Crippen LogP contribution in [-0.2, 0) is 0 Å². The topological polar surface area (TPSA) is 45.2 Å². The van der Waals surface area contributed by atoms with Crippen LogP contribution < -0.4 is 10.2 Å². The molecule has 0 aliphatic heterocycles. The van der Waals surface area contributed by atoms with Gasteiger partial charge in [-0.05, 0) is 59.3 Å². The third-order valence-corrected chi connectivity index (χ3v) is 4.46. The molecule has 0 fully saturated rings. The Labute approximate surface area is 155 Å². The lowest BCUT2D eigenvalue weighted by molar-refractivity contribution is 0.0983. The highest BCUT2D eigenvalue weighted by Crippen LogP contribution is 2.25. The summed E-state index contributed by atoms with van der Waals surface area (Å²) in [6, 6.07) is 21.1. The quantitative estimate of drug-likeness (QED) is 0.640. The Hall–Kier alpha value is -2.66. The van der Waals surface area contributed by atoms with Crippen LogP contribution in [0.2, 0.25) is 0 Å². The van der Waals surface area contributed by atoms with Crippen molar-refractivity contribution in [2.45, 2.75) is 6.92 Å². The van der Waals surface area contributed by atoms with Crippen molar-refractivity contribution < 1.29 is 4.79 Å². The SMILES string of the molecule is CCN(C(=O)c1ccc(Nc2ccccc2Br)cn1)c1ccccc1. The van der Waals surface area contributed by atoms with Crippen LogP contribution in [0.25, 0.3) is 0 Å². The molecule has 0 bridgehead atoms. The van der Waals surface area contributed by atoms with Gasteiger partial charge in [-0.25, -0.2) is 4.98 Å². The van der Waals surface area contributed by atoms with E-state index in [-0.39, 0.29) is 5.91 Å². The normalized spacial score (nSPS) is 10.3. The molecule has 3 rings (SSSR count). The first-order valence-electron chi connectivity index (χ1n) is 8.03. The number of carbonyl (C=O) groups excluding carboxylic acids is 1. The zero-order chi connectivity index (χ0) is 17.6. The Kier molecular flexibility index (Phi) is 5.46. The van der Waals surface area contributed by atoms with Gasteiger partial charge < -0.3 is 10.2 Å². The van der Waals surface area contributed by atoms with Gasteiger partial charge in [0.15, 0.2) is 0 Å². The minimum atomic E-state index is -0.110. The summed E-state index contributed by atoms with van der Waals surface area (Å²) in [5, 5.41) is 3.28. The molecule has 25 heavy (non-hydrogen) atoms. The van der Waals surface area contributed by atoms with Crippen molar-refractivity contribution in [3.8, 4) is 0 Å². The molecule has 0 saturated heterocycles. The average Bonchev–Trinajstić information content (AvgIpc) is 2.66. The zero-order valence-electron chi connectivity index (χ0n) is 13.8. The number of carbonyl (C=O) groups is 1. The second kappa shape index (κ2) is 7.94. The van der Waals surface area contributed by atoms with Crippen molar-refractivity contribution in [1.82, 2.24) is 4.98 Å². The van der Waals surface area contributed by atoms with Gasteiger partial charge in [-0.1, -0.05) is 30.3 Å². The van der Waals surface area contributed by atoms with Gasteiger partial charge in [-0.15, -0.1) is 0 Å². The fourth-order valence-corrected chi connectivity index (χ4v) is 2.89. The molecule has 0 aliphatic carbocycles. The van der Waals surface area contributed by atoms with Crippen molar-refractivity contribution in [2.24, 2.45) is 0 Å². The van der Waals surface area contributed by atoms with E-state index in [9.17, 15) is 4.79 Å². The summed E-state index contributed by atoms with van der Waals surface area (Å²) >= 11 is 3.50. The maximum absolute atomic E-state index is 12.7. The Morgan fingerprint density at radius 1 is 1.04 bits per heavy atom. The summed E-state index contributed by atoms with van der Waals surface area (Å²) in [6.45, 7) is 2.54. The van der Waals surface area contributed by atoms with Gasteiger partial charge >= 0.3 is 0 Å². The van der Waals surface area contributed by atoms with E-state index >= 15 is 0 Å². The molecule has 4 nitrogen and oxygen atoms in total. The maximum Gasteiger partial charge on any atom is 0.276 e.